The van der Waals surface area contributed by atoms with Crippen molar-refractivity contribution in [3.05, 3.63) is 0 Å². The molecule has 13 heavy (non-hydrogen) atoms. The Hall–Kier alpha value is -0.155. The van der Waals surface area contributed by atoms with Gasteiger partial charge in [-0.3, -0.25) is 8.63 Å². The van der Waals surface area contributed by atoms with Crippen LogP contribution in [0.2, 0.25) is 0 Å². The number of rotatable bonds is 2. The van der Waals surface area contributed by atoms with Crippen LogP contribution in [0.4, 0.5) is 8.63 Å². The standard InChI is InChI=1S/C8H14BF2NO/c10-9(11)7-12-3-1-8(2-4-12)5-13-6-8/h1-7H2. The van der Waals surface area contributed by atoms with Gasteiger partial charge in [0.15, 0.2) is 0 Å². The van der Waals surface area contributed by atoms with Crippen molar-refractivity contribution in [2.45, 2.75) is 12.8 Å². The number of piperidine rings is 1. The van der Waals surface area contributed by atoms with Crippen molar-refractivity contribution in [1.29, 1.82) is 0 Å². The minimum Gasteiger partial charge on any atom is -0.380 e. The lowest BCUT2D eigenvalue weighted by molar-refractivity contribution is -0.138. The molecule has 0 aromatic carbocycles. The van der Waals surface area contributed by atoms with Crippen molar-refractivity contribution >= 4 is 7.27 Å². The second kappa shape index (κ2) is 3.54. The molecule has 0 N–H and O–H groups in total. The van der Waals surface area contributed by atoms with Crippen LogP contribution >= 0.6 is 0 Å². The van der Waals surface area contributed by atoms with Crippen LogP contribution in [0.25, 0.3) is 0 Å². The summed E-state index contributed by atoms with van der Waals surface area (Å²) in [5, 5.41) is 0. The van der Waals surface area contributed by atoms with E-state index in [1.54, 1.807) is 0 Å². The monoisotopic (exact) mass is 189 g/mol. The van der Waals surface area contributed by atoms with Crippen LogP contribution < -0.4 is 0 Å². The lowest BCUT2D eigenvalue weighted by Gasteiger charge is -2.47. The lowest BCUT2D eigenvalue weighted by atomic mass is 9.76. The Labute approximate surface area is 77.4 Å². The maximum atomic E-state index is 12.0. The SMILES string of the molecule is FB(F)CN1CCC2(CC1)COC2. The first kappa shape index (κ1) is 9.40. The third-order valence-electron chi connectivity index (χ3n) is 3.13. The van der Waals surface area contributed by atoms with Gasteiger partial charge in [0.2, 0.25) is 0 Å². The van der Waals surface area contributed by atoms with E-state index >= 15 is 0 Å². The van der Waals surface area contributed by atoms with Gasteiger partial charge in [-0.15, -0.1) is 0 Å². The van der Waals surface area contributed by atoms with E-state index in [9.17, 15) is 8.63 Å². The fourth-order valence-electron chi connectivity index (χ4n) is 2.08. The molecule has 5 heteroatoms. The highest BCUT2D eigenvalue weighted by Crippen LogP contribution is 2.38. The summed E-state index contributed by atoms with van der Waals surface area (Å²) in [4.78, 5) is 1.86. The minimum absolute atomic E-state index is 0.0586. The first-order valence-electron chi connectivity index (χ1n) is 4.78. The molecule has 0 atom stereocenters. The summed E-state index contributed by atoms with van der Waals surface area (Å²) in [6.07, 6.45) is 2.00. The fraction of sp³-hybridized carbons (Fsp3) is 1.00. The Morgan fingerprint density at radius 3 is 2.23 bits per heavy atom. The Bertz CT molecular complexity index is 177. The van der Waals surface area contributed by atoms with Gasteiger partial charge in [0, 0.05) is 11.9 Å². The highest BCUT2D eigenvalue weighted by molar-refractivity contribution is 6.42. The van der Waals surface area contributed by atoms with Gasteiger partial charge in [-0.1, -0.05) is 0 Å². The molecular weight excluding hydrogens is 175 g/mol. The fourth-order valence-corrected chi connectivity index (χ4v) is 2.08. The molecule has 0 aliphatic carbocycles. The van der Waals surface area contributed by atoms with Gasteiger partial charge in [-0.25, -0.2) is 0 Å². The summed E-state index contributed by atoms with van der Waals surface area (Å²) < 4.78 is 29.2. The zero-order chi connectivity index (χ0) is 9.31. The van der Waals surface area contributed by atoms with E-state index in [-0.39, 0.29) is 6.44 Å². The van der Waals surface area contributed by atoms with Gasteiger partial charge in [0.05, 0.1) is 13.2 Å². The smallest absolute Gasteiger partial charge is 0.380 e. The topological polar surface area (TPSA) is 12.5 Å². The van der Waals surface area contributed by atoms with E-state index in [1.807, 2.05) is 4.90 Å². The third kappa shape index (κ3) is 2.02. The Morgan fingerprint density at radius 1 is 1.23 bits per heavy atom. The van der Waals surface area contributed by atoms with E-state index in [4.69, 9.17) is 4.74 Å². The van der Waals surface area contributed by atoms with Gasteiger partial charge in [0.25, 0.3) is 0 Å². The number of halogens is 2. The number of hydrogen-bond acceptors (Lipinski definition) is 2. The van der Waals surface area contributed by atoms with E-state index in [1.165, 1.54) is 0 Å². The average Bonchev–Trinajstić information content (AvgIpc) is 2.02. The maximum Gasteiger partial charge on any atom is 0.551 e. The molecule has 0 aromatic heterocycles. The normalized spacial score (nSPS) is 27.2. The van der Waals surface area contributed by atoms with Crippen LogP contribution in [-0.4, -0.2) is 44.9 Å². The van der Waals surface area contributed by atoms with Crippen molar-refractivity contribution in [1.82, 2.24) is 4.90 Å². The van der Waals surface area contributed by atoms with Gasteiger partial charge < -0.3 is 9.64 Å². The molecule has 2 saturated heterocycles. The van der Waals surface area contributed by atoms with Crippen LogP contribution in [0.15, 0.2) is 0 Å². The second-order valence-corrected chi connectivity index (χ2v) is 4.18. The summed E-state index contributed by atoms with van der Waals surface area (Å²) in [5.41, 5.74) is 0.360. The van der Waals surface area contributed by atoms with Gasteiger partial charge in [-0.2, -0.15) is 0 Å². The second-order valence-electron chi connectivity index (χ2n) is 4.18. The molecule has 74 valence electrons. The molecule has 0 aromatic rings. The zero-order valence-corrected chi connectivity index (χ0v) is 7.64. The van der Waals surface area contributed by atoms with E-state index in [0.29, 0.717) is 5.41 Å². The Morgan fingerprint density at radius 2 is 1.85 bits per heavy atom. The molecule has 0 unspecified atom stereocenters. The average molecular weight is 189 g/mol. The third-order valence-corrected chi connectivity index (χ3v) is 3.13. The van der Waals surface area contributed by atoms with Gasteiger partial charge >= 0.3 is 7.27 Å². The minimum atomic E-state index is -2.19. The van der Waals surface area contributed by atoms with Crippen LogP contribution in [0, 0.1) is 5.41 Å². The van der Waals surface area contributed by atoms with Crippen LogP contribution in [0.3, 0.4) is 0 Å². The summed E-state index contributed by atoms with van der Waals surface area (Å²) in [6.45, 7) is 3.31. The van der Waals surface area contributed by atoms with Crippen molar-refractivity contribution in [2.75, 3.05) is 32.7 Å². The van der Waals surface area contributed by atoms with Crippen molar-refractivity contribution in [3.63, 3.8) is 0 Å². The largest absolute Gasteiger partial charge is 0.551 e. The molecule has 0 amide bonds. The highest BCUT2D eigenvalue weighted by Gasteiger charge is 2.41. The predicted octanol–water partition coefficient (Wildman–Crippen LogP) is 1.07. The highest BCUT2D eigenvalue weighted by atomic mass is 19.2. The van der Waals surface area contributed by atoms with E-state index in [0.717, 1.165) is 39.1 Å². The number of ether oxygens (including phenoxy) is 1. The zero-order valence-electron chi connectivity index (χ0n) is 7.64. The molecule has 2 aliphatic rings. The number of hydrogen-bond donors (Lipinski definition) is 0. The molecule has 0 radical (unpaired) electrons. The van der Waals surface area contributed by atoms with Crippen molar-refractivity contribution < 1.29 is 13.4 Å². The lowest BCUT2D eigenvalue weighted by Crippen LogP contribution is -2.51. The van der Waals surface area contributed by atoms with E-state index in [2.05, 4.69) is 0 Å². The van der Waals surface area contributed by atoms with Gasteiger partial charge in [-0.05, 0) is 25.9 Å². The molecule has 2 heterocycles. The predicted molar refractivity (Wildman–Crippen MR) is 46.9 cm³/mol. The van der Waals surface area contributed by atoms with Crippen LogP contribution in [0.1, 0.15) is 12.8 Å². The molecule has 2 rings (SSSR count). The molecular formula is C8H14BF2NO. The Kier molecular flexibility index (Phi) is 2.56. The first-order valence-corrected chi connectivity index (χ1v) is 4.78. The van der Waals surface area contributed by atoms with E-state index < -0.39 is 7.27 Å². The molecule has 1 spiro atoms. The number of nitrogens with zero attached hydrogens (tertiary/aromatic N) is 1. The number of likely N-dealkylation sites (tertiary alicyclic amines) is 1. The molecule has 2 fully saturated rings. The Balaban J connectivity index is 1.76. The maximum absolute atomic E-state index is 12.0. The summed E-state index contributed by atoms with van der Waals surface area (Å²) in [7, 11) is -2.19. The summed E-state index contributed by atoms with van der Waals surface area (Å²) in [5.74, 6) is 0. The van der Waals surface area contributed by atoms with Crippen LogP contribution in [0.5, 0.6) is 0 Å². The molecule has 0 saturated carbocycles. The quantitative estimate of drug-likeness (QED) is 0.602. The molecule has 2 aliphatic heterocycles. The van der Waals surface area contributed by atoms with Crippen molar-refractivity contribution in [3.8, 4) is 0 Å². The molecule has 0 bridgehead atoms. The molecule has 2 nitrogen and oxygen atoms in total. The first-order chi connectivity index (χ1) is 6.20. The van der Waals surface area contributed by atoms with Crippen molar-refractivity contribution in [2.24, 2.45) is 5.41 Å². The van der Waals surface area contributed by atoms with Crippen LogP contribution in [-0.2, 0) is 4.74 Å². The summed E-state index contributed by atoms with van der Waals surface area (Å²) in [6, 6.07) is 0. The summed E-state index contributed by atoms with van der Waals surface area (Å²) >= 11 is 0. The van der Waals surface area contributed by atoms with Gasteiger partial charge in [0.1, 0.15) is 0 Å².